The lowest BCUT2D eigenvalue weighted by Gasteiger charge is -2.07. The second-order valence-electron chi connectivity index (χ2n) is 21.7. The topological polar surface area (TPSA) is 78.9 Å². The molecule has 0 aliphatic heterocycles. The van der Waals surface area contributed by atoms with Crippen LogP contribution in [-0.2, 0) is 28.6 Å². The second-order valence-corrected chi connectivity index (χ2v) is 21.7. The highest BCUT2D eigenvalue weighted by Gasteiger charge is 2.09. The molecular weight excluding hydrogens is 853 g/mol. The Morgan fingerprint density at radius 1 is 0.246 bits per heavy atom. The Bertz CT molecular complexity index is 946. The van der Waals surface area contributed by atoms with Crippen LogP contribution in [0, 0.1) is 5.92 Å². The first kappa shape index (κ1) is 69.5. The van der Waals surface area contributed by atoms with E-state index in [-0.39, 0.29) is 30.7 Å². The maximum atomic E-state index is 11.9. The van der Waals surface area contributed by atoms with E-state index in [0.717, 1.165) is 38.5 Å². The lowest BCUT2D eigenvalue weighted by molar-refractivity contribution is -0.150. The minimum atomic E-state index is -0.273. The van der Waals surface area contributed by atoms with E-state index in [9.17, 15) is 14.4 Å². The highest BCUT2D eigenvalue weighted by molar-refractivity contribution is 5.77. The van der Waals surface area contributed by atoms with E-state index in [1.807, 2.05) is 0 Å². The van der Waals surface area contributed by atoms with Crippen molar-refractivity contribution in [3.8, 4) is 0 Å². The molecule has 0 heterocycles. The van der Waals surface area contributed by atoms with Crippen LogP contribution in [0.2, 0.25) is 0 Å². The van der Waals surface area contributed by atoms with Gasteiger partial charge in [-0.05, 0) is 31.6 Å². The fraction of sp³-hybridized carbons (Fsp3) is 0.952. The van der Waals surface area contributed by atoms with Crippen molar-refractivity contribution in [2.24, 2.45) is 5.92 Å². The first-order chi connectivity index (χ1) is 33.9. The highest BCUT2D eigenvalue weighted by Crippen LogP contribution is 2.17. The van der Waals surface area contributed by atoms with Crippen LogP contribution in [0.3, 0.4) is 0 Å². The number of carbonyl (C=O) groups excluding carboxylic acids is 3. The van der Waals surface area contributed by atoms with E-state index in [0.29, 0.717) is 32.2 Å². The van der Waals surface area contributed by atoms with Crippen molar-refractivity contribution in [3.63, 3.8) is 0 Å². The molecule has 0 N–H and O–H groups in total. The molecule has 0 radical (unpaired) electrons. The lowest BCUT2D eigenvalue weighted by atomic mass is 10.0. The number of hydrogen-bond donors (Lipinski definition) is 0. The Balaban J connectivity index is 0. The smallest absolute Gasteiger partial charge is 0.306 e. The largest absolute Gasteiger partial charge is 0.466 e. The van der Waals surface area contributed by atoms with E-state index < -0.39 is 0 Å². The zero-order valence-electron chi connectivity index (χ0n) is 47.7. The molecule has 6 nitrogen and oxygen atoms in total. The zero-order valence-corrected chi connectivity index (χ0v) is 47.7. The summed E-state index contributed by atoms with van der Waals surface area (Å²) in [6, 6.07) is 0. The third kappa shape index (κ3) is 66.4. The van der Waals surface area contributed by atoms with Crippen LogP contribution < -0.4 is 0 Å². The Morgan fingerprint density at radius 3 is 0.667 bits per heavy atom. The Hall–Kier alpha value is -1.59. The van der Waals surface area contributed by atoms with Gasteiger partial charge >= 0.3 is 17.9 Å². The third-order valence-electron chi connectivity index (χ3n) is 14.0. The summed E-state index contributed by atoms with van der Waals surface area (Å²) in [5.74, 6) is 0.0598. The monoisotopic (exact) mass is 977 g/mol. The van der Waals surface area contributed by atoms with Crippen LogP contribution in [0.15, 0.2) is 0 Å². The van der Waals surface area contributed by atoms with Crippen LogP contribution in [0.25, 0.3) is 0 Å². The molecule has 412 valence electrons. The van der Waals surface area contributed by atoms with Crippen LogP contribution in [0.4, 0.5) is 0 Å². The molecule has 69 heavy (non-hydrogen) atoms. The van der Waals surface area contributed by atoms with Crippen molar-refractivity contribution in [2.45, 2.75) is 362 Å². The van der Waals surface area contributed by atoms with Crippen molar-refractivity contribution in [1.82, 2.24) is 0 Å². The molecule has 0 fully saturated rings. The van der Waals surface area contributed by atoms with Crippen LogP contribution >= 0.6 is 0 Å². The zero-order chi connectivity index (χ0) is 50.6. The Kier molecular flexibility index (Phi) is 63.0. The number of esters is 3. The number of ether oxygens (including phenoxy) is 3. The van der Waals surface area contributed by atoms with E-state index in [4.69, 9.17) is 14.2 Å². The number of rotatable bonds is 56. The maximum Gasteiger partial charge on any atom is 0.306 e. The van der Waals surface area contributed by atoms with Gasteiger partial charge in [-0.15, -0.1) is 0 Å². The molecule has 0 aromatic carbocycles. The van der Waals surface area contributed by atoms with Gasteiger partial charge in [0.05, 0.1) is 32.7 Å². The van der Waals surface area contributed by atoms with Crippen LogP contribution in [0.5, 0.6) is 0 Å². The summed E-state index contributed by atoms with van der Waals surface area (Å²) in [6.07, 6.45) is 64.9. The summed E-state index contributed by atoms with van der Waals surface area (Å²) >= 11 is 0. The van der Waals surface area contributed by atoms with Gasteiger partial charge in [-0.25, -0.2) is 0 Å². The van der Waals surface area contributed by atoms with Crippen LogP contribution in [0.1, 0.15) is 362 Å². The summed E-state index contributed by atoms with van der Waals surface area (Å²) in [7, 11) is 0. The van der Waals surface area contributed by atoms with Gasteiger partial charge in [0.15, 0.2) is 0 Å². The highest BCUT2D eigenvalue weighted by atomic mass is 16.5. The van der Waals surface area contributed by atoms with E-state index >= 15 is 0 Å². The first-order valence-corrected chi connectivity index (χ1v) is 31.3. The van der Waals surface area contributed by atoms with Gasteiger partial charge in [0.1, 0.15) is 0 Å². The molecule has 0 aromatic rings. The third-order valence-corrected chi connectivity index (χ3v) is 14.0. The molecule has 0 saturated carbocycles. The molecule has 0 aliphatic rings. The molecular formula is C63H124O6. The van der Waals surface area contributed by atoms with Crippen molar-refractivity contribution < 1.29 is 28.6 Å². The molecule has 0 spiro atoms. The molecule has 0 bridgehead atoms. The summed E-state index contributed by atoms with van der Waals surface area (Å²) in [4.78, 5) is 35.4. The molecule has 0 unspecified atom stereocenters. The average molecular weight is 978 g/mol. The van der Waals surface area contributed by atoms with Crippen molar-refractivity contribution in [2.75, 3.05) is 19.8 Å². The fourth-order valence-electron chi connectivity index (χ4n) is 9.14. The number of unbranched alkanes of at least 4 members (excludes halogenated alkanes) is 44. The predicted molar refractivity (Wildman–Crippen MR) is 300 cm³/mol. The summed E-state index contributed by atoms with van der Waals surface area (Å²) < 4.78 is 15.8. The minimum absolute atomic E-state index is 0.00431. The Labute approximate surface area is 432 Å². The van der Waals surface area contributed by atoms with Gasteiger partial charge in [-0.1, -0.05) is 317 Å². The van der Waals surface area contributed by atoms with E-state index in [2.05, 4.69) is 34.6 Å². The van der Waals surface area contributed by atoms with Crippen molar-refractivity contribution >= 4 is 17.9 Å². The van der Waals surface area contributed by atoms with Crippen LogP contribution in [-0.4, -0.2) is 37.7 Å². The van der Waals surface area contributed by atoms with Gasteiger partial charge in [0.25, 0.3) is 0 Å². The number of carbonyl (C=O) groups is 3. The summed E-state index contributed by atoms with van der Waals surface area (Å²) in [6.45, 7) is 12.7. The summed E-state index contributed by atoms with van der Waals surface area (Å²) in [5, 5.41) is 0. The van der Waals surface area contributed by atoms with Gasteiger partial charge in [0, 0.05) is 6.42 Å². The van der Waals surface area contributed by atoms with Gasteiger partial charge in [-0.3, -0.25) is 14.4 Å². The Morgan fingerprint density at radius 2 is 0.435 bits per heavy atom. The SMILES string of the molecule is CCCCCCCCCCCCCCCCCC(=O)OCCC(C)C.CCCCCCCCCCCCCCCCCCOC(=O)CCC(=O)OCCCCCCCCCCCCCCCCCC. The lowest BCUT2D eigenvalue weighted by Crippen LogP contribution is -2.11. The van der Waals surface area contributed by atoms with Gasteiger partial charge in [-0.2, -0.15) is 0 Å². The molecule has 6 heteroatoms. The molecule has 0 aliphatic carbocycles. The van der Waals surface area contributed by atoms with Gasteiger partial charge in [0.2, 0.25) is 0 Å². The normalized spacial score (nSPS) is 11.2. The van der Waals surface area contributed by atoms with E-state index in [1.54, 1.807) is 0 Å². The van der Waals surface area contributed by atoms with E-state index in [1.165, 1.54) is 270 Å². The predicted octanol–water partition coefficient (Wildman–Crippen LogP) is 21.2. The number of hydrogen-bond acceptors (Lipinski definition) is 6. The fourth-order valence-corrected chi connectivity index (χ4v) is 9.14. The molecule has 0 amide bonds. The molecule has 0 rings (SSSR count). The molecule has 0 saturated heterocycles. The average Bonchev–Trinajstić information content (AvgIpc) is 3.34. The molecule has 0 atom stereocenters. The first-order valence-electron chi connectivity index (χ1n) is 31.3. The van der Waals surface area contributed by atoms with Crippen molar-refractivity contribution in [3.05, 3.63) is 0 Å². The second kappa shape index (κ2) is 62.5. The minimum Gasteiger partial charge on any atom is -0.466 e. The summed E-state index contributed by atoms with van der Waals surface area (Å²) in [5.41, 5.74) is 0. The molecule has 0 aromatic heterocycles. The quantitative estimate of drug-likeness (QED) is 0.0343. The van der Waals surface area contributed by atoms with Crippen molar-refractivity contribution in [1.29, 1.82) is 0 Å². The maximum absolute atomic E-state index is 11.9. The van der Waals surface area contributed by atoms with Gasteiger partial charge < -0.3 is 14.2 Å². The standard InChI is InChI=1S/C40H78O4.C23H46O2/c1-3-5-7-9-11-13-15-17-19-21-23-25-27-29-31-33-37-43-39(41)35-36-40(42)44-38-34-32-30-28-26-24-22-20-18-16-14-12-10-8-6-4-2;1-4-5-6-7-8-9-10-11-12-13-14-15-16-17-18-19-23(24)25-21-20-22(2)3/h3-38H2,1-2H3;22H,4-21H2,1-3H3.